The van der Waals surface area contributed by atoms with Gasteiger partial charge in [-0.1, -0.05) is 13.8 Å². The van der Waals surface area contributed by atoms with Gasteiger partial charge in [0.2, 0.25) is 5.89 Å². The van der Waals surface area contributed by atoms with Crippen molar-refractivity contribution in [1.82, 2.24) is 15.0 Å². The van der Waals surface area contributed by atoms with Crippen LogP contribution in [-0.2, 0) is 19.4 Å². The molecule has 0 fully saturated rings. The Morgan fingerprint density at radius 1 is 1.11 bits per heavy atom. The zero-order valence-electron chi connectivity index (χ0n) is 11.5. The van der Waals surface area contributed by atoms with E-state index in [-0.39, 0.29) is 0 Å². The van der Waals surface area contributed by atoms with E-state index < -0.39 is 0 Å². The molecule has 2 aromatic rings. The molecule has 0 saturated carbocycles. The van der Waals surface area contributed by atoms with Crippen LogP contribution >= 0.6 is 0 Å². The number of rotatable bonds is 6. The molecule has 0 aliphatic heterocycles. The topological polar surface area (TPSA) is 75.9 Å². The van der Waals surface area contributed by atoms with Crippen LogP contribution in [0.3, 0.4) is 0 Å². The number of nitrogens with one attached hydrogen (secondary N) is 2. The summed E-state index contributed by atoms with van der Waals surface area (Å²) < 4.78 is 5.55. The van der Waals surface area contributed by atoms with Gasteiger partial charge in [0.1, 0.15) is 23.7 Å². The van der Waals surface area contributed by atoms with Crippen molar-refractivity contribution in [2.75, 3.05) is 17.7 Å². The molecule has 0 radical (unpaired) electrons. The van der Waals surface area contributed by atoms with Gasteiger partial charge in [-0.3, -0.25) is 0 Å². The van der Waals surface area contributed by atoms with Crippen molar-refractivity contribution >= 4 is 11.6 Å². The highest BCUT2D eigenvalue weighted by molar-refractivity contribution is 5.56. The third-order valence-corrected chi connectivity index (χ3v) is 2.89. The van der Waals surface area contributed by atoms with E-state index in [2.05, 4.69) is 32.5 Å². The first-order valence-electron chi connectivity index (χ1n) is 6.47. The molecule has 0 aromatic carbocycles. The lowest BCUT2D eigenvalue weighted by atomic mass is 10.2. The number of nitrogens with zero attached hydrogens (tertiary/aromatic N) is 3. The van der Waals surface area contributed by atoms with E-state index in [1.165, 1.54) is 0 Å². The predicted octanol–water partition coefficient (Wildman–Crippen LogP) is 2.24. The molecule has 6 heteroatoms. The standard InChI is InChI=1S/C13H19N5O/c1-4-9-6-15-11(19-9)7-16-13-10(5-2)12(14-3)17-8-18-13/h6,8H,4-5,7H2,1-3H3,(H2,14,16,17,18). The SMILES string of the molecule is CCc1cnc(CNc2ncnc(NC)c2CC)o1. The van der Waals surface area contributed by atoms with Crippen molar-refractivity contribution in [2.24, 2.45) is 0 Å². The van der Waals surface area contributed by atoms with Crippen LogP contribution in [0, 0.1) is 0 Å². The van der Waals surface area contributed by atoms with Gasteiger partial charge in [-0.15, -0.1) is 0 Å². The second-order valence-electron chi connectivity index (χ2n) is 4.08. The van der Waals surface area contributed by atoms with Gasteiger partial charge in [0.25, 0.3) is 0 Å². The van der Waals surface area contributed by atoms with Crippen LogP contribution in [0.25, 0.3) is 0 Å². The summed E-state index contributed by atoms with van der Waals surface area (Å²) in [5.74, 6) is 3.23. The highest BCUT2D eigenvalue weighted by Gasteiger charge is 2.09. The molecular weight excluding hydrogens is 242 g/mol. The maximum absolute atomic E-state index is 5.55. The fourth-order valence-corrected chi connectivity index (χ4v) is 1.87. The molecule has 2 heterocycles. The molecule has 2 N–H and O–H groups in total. The van der Waals surface area contributed by atoms with E-state index in [4.69, 9.17) is 4.42 Å². The van der Waals surface area contributed by atoms with E-state index in [0.29, 0.717) is 12.4 Å². The second-order valence-corrected chi connectivity index (χ2v) is 4.08. The Hall–Kier alpha value is -2.11. The average Bonchev–Trinajstić information content (AvgIpc) is 2.92. The molecule has 0 amide bonds. The summed E-state index contributed by atoms with van der Waals surface area (Å²) in [6.45, 7) is 4.63. The molecule has 0 aliphatic carbocycles. The molecule has 0 aliphatic rings. The third-order valence-electron chi connectivity index (χ3n) is 2.89. The zero-order chi connectivity index (χ0) is 13.7. The van der Waals surface area contributed by atoms with Crippen LogP contribution in [0.4, 0.5) is 11.6 Å². The van der Waals surface area contributed by atoms with Crippen molar-refractivity contribution in [3.8, 4) is 0 Å². The summed E-state index contributed by atoms with van der Waals surface area (Å²) in [6.07, 6.45) is 5.01. The molecule has 0 saturated heterocycles. The van der Waals surface area contributed by atoms with Crippen LogP contribution in [0.15, 0.2) is 16.9 Å². The summed E-state index contributed by atoms with van der Waals surface area (Å²) in [6, 6.07) is 0. The minimum Gasteiger partial charge on any atom is -0.444 e. The second kappa shape index (κ2) is 6.17. The lowest BCUT2D eigenvalue weighted by Gasteiger charge is -2.11. The number of oxazole rings is 1. The smallest absolute Gasteiger partial charge is 0.213 e. The Kier molecular flexibility index (Phi) is 4.33. The van der Waals surface area contributed by atoms with Crippen LogP contribution in [-0.4, -0.2) is 22.0 Å². The first-order chi connectivity index (χ1) is 9.28. The Morgan fingerprint density at radius 3 is 2.53 bits per heavy atom. The monoisotopic (exact) mass is 261 g/mol. The third kappa shape index (κ3) is 3.01. The Bertz CT molecular complexity index is 538. The number of anilines is 2. The first-order valence-corrected chi connectivity index (χ1v) is 6.47. The molecule has 19 heavy (non-hydrogen) atoms. The largest absolute Gasteiger partial charge is 0.444 e. The van der Waals surface area contributed by atoms with Crippen LogP contribution < -0.4 is 10.6 Å². The Labute approximate surface area is 112 Å². The lowest BCUT2D eigenvalue weighted by Crippen LogP contribution is -2.08. The maximum atomic E-state index is 5.55. The highest BCUT2D eigenvalue weighted by atomic mass is 16.4. The van der Waals surface area contributed by atoms with E-state index in [1.54, 1.807) is 12.5 Å². The van der Waals surface area contributed by atoms with E-state index in [1.807, 2.05) is 14.0 Å². The Morgan fingerprint density at radius 2 is 1.89 bits per heavy atom. The minimum atomic E-state index is 0.521. The predicted molar refractivity (Wildman–Crippen MR) is 74.2 cm³/mol. The number of aryl methyl sites for hydroxylation is 1. The van der Waals surface area contributed by atoms with Crippen molar-refractivity contribution in [3.05, 3.63) is 29.7 Å². The van der Waals surface area contributed by atoms with Gasteiger partial charge in [0.15, 0.2) is 0 Å². The van der Waals surface area contributed by atoms with Crippen molar-refractivity contribution in [2.45, 2.75) is 33.2 Å². The quantitative estimate of drug-likeness (QED) is 0.830. The molecule has 6 nitrogen and oxygen atoms in total. The summed E-state index contributed by atoms with van der Waals surface area (Å²) in [5, 5.41) is 6.31. The molecule has 2 rings (SSSR count). The molecule has 0 bridgehead atoms. The van der Waals surface area contributed by atoms with E-state index in [9.17, 15) is 0 Å². The normalized spacial score (nSPS) is 10.5. The fraction of sp³-hybridized carbons (Fsp3) is 0.462. The van der Waals surface area contributed by atoms with Gasteiger partial charge in [0.05, 0.1) is 12.7 Å². The molecular formula is C13H19N5O. The van der Waals surface area contributed by atoms with Gasteiger partial charge in [-0.25, -0.2) is 15.0 Å². The lowest BCUT2D eigenvalue weighted by molar-refractivity contribution is 0.465. The van der Waals surface area contributed by atoms with Crippen molar-refractivity contribution in [3.63, 3.8) is 0 Å². The Balaban J connectivity index is 2.10. The van der Waals surface area contributed by atoms with E-state index in [0.717, 1.165) is 35.8 Å². The van der Waals surface area contributed by atoms with Gasteiger partial charge in [-0.05, 0) is 6.42 Å². The summed E-state index contributed by atoms with van der Waals surface area (Å²) >= 11 is 0. The molecule has 2 aromatic heterocycles. The van der Waals surface area contributed by atoms with Crippen LogP contribution in [0.1, 0.15) is 31.1 Å². The fourth-order valence-electron chi connectivity index (χ4n) is 1.87. The van der Waals surface area contributed by atoms with Gasteiger partial charge >= 0.3 is 0 Å². The summed E-state index contributed by atoms with van der Waals surface area (Å²) in [7, 11) is 1.85. The number of hydrogen-bond donors (Lipinski definition) is 2. The zero-order valence-corrected chi connectivity index (χ0v) is 11.5. The van der Waals surface area contributed by atoms with Crippen molar-refractivity contribution < 1.29 is 4.42 Å². The van der Waals surface area contributed by atoms with Gasteiger partial charge in [0, 0.05) is 19.0 Å². The average molecular weight is 261 g/mol. The summed E-state index contributed by atoms with van der Waals surface area (Å²) in [4.78, 5) is 12.7. The van der Waals surface area contributed by atoms with Crippen LogP contribution in [0.5, 0.6) is 0 Å². The maximum Gasteiger partial charge on any atom is 0.213 e. The van der Waals surface area contributed by atoms with Crippen LogP contribution in [0.2, 0.25) is 0 Å². The number of hydrogen-bond acceptors (Lipinski definition) is 6. The molecule has 0 atom stereocenters. The molecule has 0 spiro atoms. The highest BCUT2D eigenvalue weighted by Crippen LogP contribution is 2.20. The van der Waals surface area contributed by atoms with Gasteiger partial charge in [-0.2, -0.15) is 0 Å². The molecule has 0 unspecified atom stereocenters. The summed E-state index contributed by atoms with van der Waals surface area (Å²) in [5.41, 5.74) is 1.06. The van der Waals surface area contributed by atoms with Crippen molar-refractivity contribution in [1.29, 1.82) is 0 Å². The minimum absolute atomic E-state index is 0.521. The van der Waals surface area contributed by atoms with Gasteiger partial charge < -0.3 is 15.1 Å². The first kappa shape index (κ1) is 13.3. The van der Waals surface area contributed by atoms with E-state index >= 15 is 0 Å². The number of aromatic nitrogens is 3. The molecule has 102 valence electrons.